The Balaban J connectivity index is 2.02. The highest BCUT2D eigenvalue weighted by Crippen LogP contribution is 2.29. The molecule has 2 rings (SSSR count). The van der Waals surface area contributed by atoms with Gasteiger partial charge in [-0.2, -0.15) is 0 Å². The molecule has 2 aromatic carbocycles. The molecule has 0 aliphatic heterocycles. The predicted molar refractivity (Wildman–Crippen MR) is 94.8 cm³/mol. The van der Waals surface area contributed by atoms with Crippen LogP contribution in [0.3, 0.4) is 0 Å². The SMILES string of the molecule is COc1cc(C(=O)OCC(=O)c2ccc(Cl)cc2)ccc1OC(C)C. The summed E-state index contributed by atoms with van der Waals surface area (Å²) in [5, 5.41) is 0.532. The van der Waals surface area contributed by atoms with E-state index >= 15 is 0 Å². The fraction of sp³-hybridized carbons (Fsp3) is 0.263. The highest BCUT2D eigenvalue weighted by atomic mass is 35.5. The van der Waals surface area contributed by atoms with Crippen LogP contribution in [0.4, 0.5) is 0 Å². The van der Waals surface area contributed by atoms with Gasteiger partial charge in [0.1, 0.15) is 0 Å². The van der Waals surface area contributed by atoms with Gasteiger partial charge in [0.05, 0.1) is 18.8 Å². The molecule has 0 atom stereocenters. The predicted octanol–water partition coefficient (Wildman–Crippen LogP) is 4.18. The summed E-state index contributed by atoms with van der Waals surface area (Å²) in [4.78, 5) is 24.2. The van der Waals surface area contributed by atoms with Gasteiger partial charge < -0.3 is 14.2 Å². The zero-order chi connectivity index (χ0) is 18.4. The number of ether oxygens (including phenoxy) is 3. The van der Waals surface area contributed by atoms with E-state index in [1.807, 2.05) is 13.8 Å². The Bertz CT molecular complexity index is 753. The Hall–Kier alpha value is -2.53. The zero-order valence-electron chi connectivity index (χ0n) is 14.2. The van der Waals surface area contributed by atoms with Gasteiger partial charge in [0.2, 0.25) is 0 Å². The smallest absolute Gasteiger partial charge is 0.338 e. The van der Waals surface area contributed by atoms with Gasteiger partial charge in [0.25, 0.3) is 0 Å². The van der Waals surface area contributed by atoms with Crippen LogP contribution < -0.4 is 9.47 Å². The van der Waals surface area contributed by atoms with Crippen molar-refractivity contribution >= 4 is 23.4 Å². The van der Waals surface area contributed by atoms with Gasteiger partial charge >= 0.3 is 5.97 Å². The van der Waals surface area contributed by atoms with Crippen molar-refractivity contribution in [3.8, 4) is 11.5 Å². The number of benzene rings is 2. The van der Waals surface area contributed by atoms with E-state index in [0.29, 0.717) is 22.1 Å². The van der Waals surface area contributed by atoms with Gasteiger partial charge in [0, 0.05) is 10.6 Å². The lowest BCUT2D eigenvalue weighted by molar-refractivity contribution is 0.0474. The Morgan fingerprint density at radius 1 is 1.00 bits per heavy atom. The summed E-state index contributed by atoms with van der Waals surface area (Å²) in [7, 11) is 1.49. The first-order valence-electron chi connectivity index (χ1n) is 7.71. The quantitative estimate of drug-likeness (QED) is 0.546. The Morgan fingerprint density at radius 2 is 1.64 bits per heavy atom. The summed E-state index contributed by atoms with van der Waals surface area (Å²) in [6, 6.07) is 11.1. The minimum Gasteiger partial charge on any atom is -0.493 e. The molecule has 6 heteroatoms. The molecule has 0 saturated carbocycles. The summed E-state index contributed by atoms with van der Waals surface area (Å²) in [6.07, 6.45) is -0.0244. The molecule has 0 aliphatic carbocycles. The highest BCUT2D eigenvalue weighted by Gasteiger charge is 2.15. The lowest BCUT2D eigenvalue weighted by Crippen LogP contribution is -2.14. The molecule has 0 fully saturated rings. The molecule has 0 spiro atoms. The summed E-state index contributed by atoms with van der Waals surface area (Å²) in [5.74, 6) is 0.0342. The Kier molecular flexibility index (Phi) is 6.42. The van der Waals surface area contributed by atoms with E-state index < -0.39 is 5.97 Å². The van der Waals surface area contributed by atoms with E-state index in [1.165, 1.54) is 13.2 Å². The van der Waals surface area contributed by atoms with Gasteiger partial charge in [-0.1, -0.05) is 11.6 Å². The van der Waals surface area contributed by atoms with Crippen molar-refractivity contribution in [2.45, 2.75) is 20.0 Å². The number of hydrogen-bond acceptors (Lipinski definition) is 5. The molecule has 2 aromatic rings. The maximum atomic E-state index is 12.1. The molecule has 0 aromatic heterocycles. The van der Waals surface area contributed by atoms with Crippen LogP contribution in [-0.2, 0) is 4.74 Å². The number of esters is 1. The third-order valence-corrected chi connectivity index (χ3v) is 3.51. The minimum atomic E-state index is -0.614. The summed E-state index contributed by atoms with van der Waals surface area (Å²) in [6.45, 7) is 3.43. The van der Waals surface area contributed by atoms with E-state index in [4.69, 9.17) is 25.8 Å². The van der Waals surface area contributed by atoms with E-state index in [1.54, 1.807) is 36.4 Å². The standard InChI is InChI=1S/C19H19ClO5/c1-12(2)25-17-9-6-14(10-18(17)23-3)19(22)24-11-16(21)13-4-7-15(20)8-5-13/h4-10,12H,11H2,1-3H3. The van der Waals surface area contributed by atoms with Crippen molar-refractivity contribution in [3.63, 3.8) is 0 Å². The molecule has 5 nitrogen and oxygen atoms in total. The lowest BCUT2D eigenvalue weighted by atomic mass is 10.1. The molecule has 0 heterocycles. The van der Waals surface area contributed by atoms with Crippen molar-refractivity contribution < 1.29 is 23.8 Å². The normalized spacial score (nSPS) is 10.4. The van der Waals surface area contributed by atoms with Crippen LogP contribution >= 0.6 is 11.6 Å². The van der Waals surface area contributed by atoms with Crippen molar-refractivity contribution in [3.05, 3.63) is 58.6 Å². The largest absolute Gasteiger partial charge is 0.493 e. The third kappa shape index (κ3) is 5.22. The first-order chi connectivity index (χ1) is 11.9. The van der Waals surface area contributed by atoms with Crippen molar-refractivity contribution in [2.75, 3.05) is 13.7 Å². The van der Waals surface area contributed by atoms with Gasteiger partial charge in [-0.3, -0.25) is 4.79 Å². The second-order valence-electron chi connectivity index (χ2n) is 5.54. The summed E-state index contributed by atoms with van der Waals surface area (Å²) in [5.41, 5.74) is 0.701. The number of halogens is 1. The highest BCUT2D eigenvalue weighted by molar-refractivity contribution is 6.30. The molecule has 0 bridgehead atoms. The van der Waals surface area contributed by atoms with Crippen molar-refractivity contribution in [1.29, 1.82) is 0 Å². The summed E-state index contributed by atoms with van der Waals surface area (Å²) >= 11 is 5.78. The fourth-order valence-corrected chi connectivity index (χ4v) is 2.21. The monoisotopic (exact) mass is 362 g/mol. The number of carbonyl (C=O) groups is 2. The van der Waals surface area contributed by atoms with Crippen LogP contribution in [0.25, 0.3) is 0 Å². The number of rotatable bonds is 7. The summed E-state index contributed by atoms with van der Waals surface area (Å²) < 4.78 is 15.9. The van der Waals surface area contributed by atoms with Gasteiger partial charge in [-0.05, 0) is 56.3 Å². The number of Topliss-reactive ketones (excluding diaryl/α,β-unsaturated/α-hetero) is 1. The molecule has 132 valence electrons. The molecular weight excluding hydrogens is 344 g/mol. The van der Waals surface area contributed by atoms with Crippen LogP contribution in [-0.4, -0.2) is 31.6 Å². The Labute approximate surface area is 151 Å². The topological polar surface area (TPSA) is 61.8 Å². The average Bonchev–Trinajstić information content (AvgIpc) is 2.59. The maximum Gasteiger partial charge on any atom is 0.338 e. The molecule has 25 heavy (non-hydrogen) atoms. The molecule has 0 amide bonds. The minimum absolute atomic E-state index is 0.0244. The Morgan fingerprint density at radius 3 is 2.24 bits per heavy atom. The van der Waals surface area contributed by atoms with Crippen LogP contribution in [0.15, 0.2) is 42.5 Å². The molecule has 0 saturated heterocycles. The van der Waals surface area contributed by atoms with Gasteiger partial charge in [-0.15, -0.1) is 0 Å². The van der Waals surface area contributed by atoms with E-state index in [2.05, 4.69) is 0 Å². The zero-order valence-corrected chi connectivity index (χ0v) is 15.0. The van der Waals surface area contributed by atoms with E-state index in [0.717, 1.165) is 0 Å². The van der Waals surface area contributed by atoms with Gasteiger partial charge in [0.15, 0.2) is 23.9 Å². The first-order valence-corrected chi connectivity index (χ1v) is 8.09. The number of carbonyl (C=O) groups excluding carboxylic acids is 2. The van der Waals surface area contributed by atoms with Crippen molar-refractivity contribution in [2.24, 2.45) is 0 Å². The molecule has 0 unspecified atom stereocenters. The van der Waals surface area contributed by atoms with E-state index in [9.17, 15) is 9.59 Å². The van der Waals surface area contributed by atoms with E-state index in [-0.39, 0.29) is 24.1 Å². The number of ketones is 1. The molecule has 0 aliphatic rings. The van der Waals surface area contributed by atoms with Crippen molar-refractivity contribution in [1.82, 2.24) is 0 Å². The first kappa shape index (κ1) is 18.8. The molecule has 0 N–H and O–H groups in total. The second-order valence-corrected chi connectivity index (χ2v) is 5.97. The van der Waals surface area contributed by atoms with Crippen LogP contribution in [0.1, 0.15) is 34.6 Å². The fourth-order valence-electron chi connectivity index (χ4n) is 2.08. The number of hydrogen-bond donors (Lipinski definition) is 0. The maximum absolute atomic E-state index is 12.1. The average molecular weight is 363 g/mol. The second kappa shape index (κ2) is 8.53. The number of methoxy groups -OCH3 is 1. The molecular formula is C19H19ClO5. The third-order valence-electron chi connectivity index (χ3n) is 3.26. The lowest BCUT2D eigenvalue weighted by Gasteiger charge is -2.14. The van der Waals surface area contributed by atoms with Crippen LogP contribution in [0.2, 0.25) is 5.02 Å². The van der Waals surface area contributed by atoms with Crippen LogP contribution in [0.5, 0.6) is 11.5 Å². The van der Waals surface area contributed by atoms with Gasteiger partial charge in [-0.25, -0.2) is 4.79 Å². The molecule has 0 radical (unpaired) electrons. The van der Waals surface area contributed by atoms with Crippen LogP contribution in [0, 0.1) is 0 Å².